The molecule has 0 aliphatic carbocycles. The lowest BCUT2D eigenvalue weighted by Gasteiger charge is -1.81. The number of carboxylic acid groups (broad SMARTS) is 2. The molecule has 4 N–H and O–H groups in total. The van der Waals surface area contributed by atoms with Gasteiger partial charge >= 0.3 is 11.9 Å². The number of hydrogen-bond donors (Lipinski definition) is 3. The Labute approximate surface area is 81.0 Å². The summed E-state index contributed by atoms with van der Waals surface area (Å²) in [5.41, 5.74) is 4.76. The Morgan fingerprint density at radius 2 is 1.50 bits per heavy atom. The third kappa shape index (κ3) is 22.5. The minimum Gasteiger partial charge on any atom is -0.478 e. The van der Waals surface area contributed by atoms with Crippen molar-refractivity contribution >= 4 is 17.8 Å². The molecule has 0 radical (unpaired) electrons. The van der Waals surface area contributed by atoms with E-state index in [0.29, 0.717) is 18.6 Å². The summed E-state index contributed by atoms with van der Waals surface area (Å²) in [5.74, 6) is -2.72. The molecule has 0 saturated heterocycles. The molecule has 0 fully saturated rings. The Bertz CT molecular complexity index is 218. The second-order valence-electron chi connectivity index (χ2n) is 2.23. The highest BCUT2D eigenvalue weighted by Crippen LogP contribution is 1.79. The maximum absolute atomic E-state index is 9.82. The second kappa shape index (κ2) is 9.24. The van der Waals surface area contributed by atoms with Crippen LogP contribution in [-0.2, 0) is 14.4 Å². The molecule has 80 valence electrons. The van der Waals surface area contributed by atoms with Crippen molar-refractivity contribution in [2.24, 2.45) is 5.73 Å². The number of hydrogen-bond acceptors (Lipinski definition) is 3. The molecular formula is C8H13NO5. The lowest BCUT2D eigenvalue weighted by molar-refractivity contribution is -0.134. The predicted octanol–water partition coefficient (Wildman–Crippen LogP) is -0.0164. The molecule has 0 spiro atoms. The number of rotatable bonds is 4. The van der Waals surface area contributed by atoms with E-state index in [9.17, 15) is 14.4 Å². The third-order valence-corrected chi connectivity index (χ3v) is 0.865. The summed E-state index contributed by atoms with van der Waals surface area (Å²) < 4.78 is 0. The van der Waals surface area contributed by atoms with Gasteiger partial charge in [-0.15, -0.1) is 0 Å². The molecule has 0 rings (SSSR count). The molecular weight excluding hydrogens is 190 g/mol. The van der Waals surface area contributed by atoms with E-state index >= 15 is 0 Å². The quantitative estimate of drug-likeness (QED) is 0.555. The summed E-state index contributed by atoms with van der Waals surface area (Å²) in [7, 11) is 0. The van der Waals surface area contributed by atoms with E-state index in [1.807, 2.05) is 6.92 Å². The summed E-state index contributed by atoms with van der Waals surface area (Å²) in [6.07, 6.45) is 2.49. The molecule has 0 saturated carbocycles. The zero-order chi connectivity index (χ0) is 11.6. The minimum absolute atomic E-state index is 0.211. The van der Waals surface area contributed by atoms with Gasteiger partial charge in [0.1, 0.15) is 0 Å². The van der Waals surface area contributed by atoms with E-state index in [2.05, 4.69) is 0 Å². The highest BCUT2D eigenvalue weighted by Gasteiger charge is 1.88. The lowest BCUT2D eigenvalue weighted by Crippen LogP contribution is -2.08. The first-order valence-electron chi connectivity index (χ1n) is 3.82. The standard InChI is InChI=1S/C4H9NO.C4H4O4/c1-2-3-4(5)6;5-3(6)1-2-4(7)8/h2-3H2,1H3,(H2,5,6);1-2H,(H,5,6)(H,7,8)/b;2-1-. The average molecular weight is 203 g/mol. The molecule has 0 bridgehead atoms. The van der Waals surface area contributed by atoms with Crippen LogP contribution in [0.5, 0.6) is 0 Å². The van der Waals surface area contributed by atoms with Gasteiger partial charge in [0.25, 0.3) is 0 Å². The van der Waals surface area contributed by atoms with Crippen molar-refractivity contribution < 1.29 is 24.6 Å². The Balaban J connectivity index is 0. The van der Waals surface area contributed by atoms with E-state index in [4.69, 9.17) is 15.9 Å². The minimum atomic E-state index is -1.26. The molecule has 0 aromatic heterocycles. The Kier molecular flexibility index (Phi) is 9.68. The molecule has 0 aromatic rings. The number of carbonyl (C=O) groups excluding carboxylic acids is 1. The van der Waals surface area contributed by atoms with Gasteiger partial charge in [0, 0.05) is 18.6 Å². The van der Waals surface area contributed by atoms with Crippen LogP contribution < -0.4 is 5.73 Å². The van der Waals surface area contributed by atoms with Crippen molar-refractivity contribution in [1.82, 2.24) is 0 Å². The molecule has 0 atom stereocenters. The maximum Gasteiger partial charge on any atom is 0.328 e. The van der Waals surface area contributed by atoms with Gasteiger partial charge in [-0.1, -0.05) is 6.92 Å². The number of primary amides is 1. The van der Waals surface area contributed by atoms with Crippen molar-refractivity contribution in [2.75, 3.05) is 0 Å². The molecule has 6 heteroatoms. The molecule has 1 amide bonds. The fraction of sp³-hybridized carbons (Fsp3) is 0.375. The van der Waals surface area contributed by atoms with Crippen LogP contribution >= 0.6 is 0 Å². The topological polar surface area (TPSA) is 118 Å². The number of amides is 1. The fourth-order valence-electron chi connectivity index (χ4n) is 0.389. The fourth-order valence-corrected chi connectivity index (χ4v) is 0.389. The number of aliphatic carboxylic acids is 2. The van der Waals surface area contributed by atoms with Crippen LogP contribution in [0.3, 0.4) is 0 Å². The van der Waals surface area contributed by atoms with Gasteiger partial charge < -0.3 is 15.9 Å². The van der Waals surface area contributed by atoms with Gasteiger partial charge in [0.2, 0.25) is 5.91 Å². The highest BCUT2D eigenvalue weighted by molar-refractivity contribution is 5.89. The van der Waals surface area contributed by atoms with Crippen molar-refractivity contribution in [3.63, 3.8) is 0 Å². The van der Waals surface area contributed by atoms with Crippen molar-refractivity contribution in [3.8, 4) is 0 Å². The Morgan fingerprint density at radius 1 is 1.14 bits per heavy atom. The molecule has 0 unspecified atom stereocenters. The molecule has 0 aliphatic rings. The van der Waals surface area contributed by atoms with E-state index < -0.39 is 11.9 Å². The summed E-state index contributed by atoms with van der Waals surface area (Å²) in [6, 6.07) is 0. The first kappa shape index (κ1) is 14.7. The van der Waals surface area contributed by atoms with Crippen molar-refractivity contribution in [3.05, 3.63) is 12.2 Å². The van der Waals surface area contributed by atoms with Gasteiger partial charge in [-0.25, -0.2) is 9.59 Å². The number of carboxylic acids is 2. The smallest absolute Gasteiger partial charge is 0.328 e. The van der Waals surface area contributed by atoms with Gasteiger partial charge in [-0.3, -0.25) is 4.79 Å². The van der Waals surface area contributed by atoms with E-state index in [-0.39, 0.29) is 5.91 Å². The van der Waals surface area contributed by atoms with Gasteiger partial charge in [-0.05, 0) is 6.42 Å². The summed E-state index contributed by atoms with van der Waals surface area (Å²) in [4.78, 5) is 28.9. The number of nitrogens with two attached hydrogens (primary N) is 1. The van der Waals surface area contributed by atoms with Gasteiger partial charge in [-0.2, -0.15) is 0 Å². The van der Waals surface area contributed by atoms with Gasteiger partial charge in [0.15, 0.2) is 0 Å². The van der Waals surface area contributed by atoms with Crippen LogP contribution in [0.25, 0.3) is 0 Å². The summed E-state index contributed by atoms with van der Waals surface area (Å²) >= 11 is 0. The Morgan fingerprint density at radius 3 is 1.57 bits per heavy atom. The normalized spacial score (nSPS) is 8.93. The molecule has 6 nitrogen and oxygen atoms in total. The summed E-state index contributed by atoms with van der Waals surface area (Å²) in [6.45, 7) is 1.92. The van der Waals surface area contributed by atoms with Crippen LogP contribution in [0.4, 0.5) is 0 Å². The van der Waals surface area contributed by atoms with E-state index in [0.717, 1.165) is 6.42 Å². The van der Waals surface area contributed by atoms with Crippen molar-refractivity contribution in [1.29, 1.82) is 0 Å². The van der Waals surface area contributed by atoms with Crippen LogP contribution in [-0.4, -0.2) is 28.1 Å². The number of carbonyl (C=O) groups is 3. The first-order valence-corrected chi connectivity index (χ1v) is 3.82. The second-order valence-corrected chi connectivity index (χ2v) is 2.23. The third-order valence-electron chi connectivity index (χ3n) is 0.865. The highest BCUT2D eigenvalue weighted by atomic mass is 16.4. The maximum atomic E-state index is 9.82. The zero-order valence-corrected chi connectivity index (χ0v) is 7.77. The molecule has 0 aliphatic heterocycles. The van der Waals surface area contributed by atoms with Gasteiger partial charge in [0.05, 0.1) is 0 Å². The van der Waals surface area contributed by atoms with Crippen LogP contribution in [0.2, 0.25) is 0 Å². The zero-order valence-electron chi connectivity index (χ0n) is 7.77. The predicted molar refractivity (Wildman–Crippen MR) is 48.5 cm³/mol. The molecule has 0 heterocycles. The van der Waals surface area contributed by atoms with Crippen molar-refractivity contribution in [2.45, 2.75) is 19.8 Å². The monoisotopic (exact) mass is 203 g/mol. The molecule has 14 heavy (non-hydrogen) atoms. The van der Waals surface area contributed by atoms with Crippen LogP contribution in [0, 0.1) is 0 Å². The SMILES string of the molecule is CCCC(N)=O.O=C(O)/C=C\C(=O)O. The van der Waals surface area contributed by atoms with Crippen LogP contribution in [0.1, 0.15) is 19.8 Å². The van der Waals surface area contributed by atoms with Crippen LogP contribution in [0.15, 0.2) is 12.2 Å². The molecule has 0 aromatic carbocycles. The Hall–Kier alpha value is -1.85. The largest absolute Gasteiger partial charge is 0.478 e. The van der Waals surface area contributed by atoms with E-state index in [1.165, 1.54) is 0 Å². The lowest BCUT2D eigenvalue weighted by atomic mass is 10.3. The first-order chi connectivity index (χ1) is 6.40. The average Bonchev–Trinajstić information content (AvgIpc) is 2.01. The summed E-state index contributed by atoms with van der Waals surface area (Å²) in [5, 5.41) is 15.6. The van der Waals surface area contributed by atoms with E-state index in [1.54, 1.807) is 0 Å².